The third-order valence-electron chi connectivity index (χ3n) is 2.32. The summed E-state index contributed by atoms with van der Waals surface area (Å²) in [6, 6.07) is 7.47. The fraction of sp³-hybridized carbons (Fsp3) is 0.182. The van der Waals surface area contributed by atoms with E-state index in [4.69, 9.17) is 17.4 Å². The number of hydrogen-bond donors (Lipinski definition) is 2. The van der Waals surface area contributed by atoms with Gasteiger partial charge in [0.1, 0.15) is 0 Å². The number of nitrogens with zero attached hydrogens (tertiary/aromatic N) is 1. The molecule has 5 heteroatoms. The highest BCUT2D eigenvalue weighted by atomic mass is 35.5. The van der Waals surface area contributed by atoms with E-state index in [-0.39, 0.29) is 6.04 Å². The van der Waals surface area contributed by atoms with Gasteiger partial charge in [-0.3, -0.25) is 5.84 Å². The average Bonchev–Trinajstić information content (AvgIpc) is 2.69. The first-order valence-electron chi connectivity index (χ1n) is 4.85. The lowest BCUT2D eigenvalue weighted by atomic mass is 10.1. The van der Waals surface area contributed by atoms with Gasteiger partial charge in [0.15, 0.2) is 0 Å². The number of thiazole rings is 1. The molecule has 0 saturated heterocycles. The first kappa shape index (κ1) is 11.5. The topological polar surface area (TPSA) is 50.9 Å². The summed E-state index contributed by atoms with van der Waals surface area (Å²) in [7, 11) is 0. The van der Waals surface area contributed by atoms with Crippen LogP contribution >= 0.6 is 22.9 Å². The molecule has 16 heavy (non-hydrogen) atoms. The van der Waals surface area contributed by atoms with E-state index in [0.29, 0.717) is 5.02 Å². The van der Waals surface area contributed by atoms with Crippen molar-refractivity contribution in [2.45, 2.75) is 13.0 Å². The molecule has 3 N–H and O–H groups in total. The third-order valence-corrected chi connectivity index (χ3v) is 3.45. The molecule has 84 valence electrons. The number of nitrogens with one attached hydrogen (secondary N) is 1. The van der Waals surface area contributed by atoms with E-state index in [2.05, 4.69) is 10.4 Å². The van der Waals surface area contributed by atoms with Crippen molar-refractivity contribution in [3.8, 4) is 0 Å². The van der Waals surface area contributed by atoms with E-state index in [1.165, 1.54) is 0 Å². The molecule has 0 spiro atoms. The van der Waals surface area contributed by atoms with Crippen LogP contribution in [-0.2, 0) is 0 Å². The molecule has 0 fully saturated rings. The van der Waals surface area contributed by atoms with Gasteiger partial charge in [0.2, 0.25) is 0 Å². The fourth-order valence-electron chi connectivity index (χ4n) is 1.56. The Bertz CT molecular complexity index is 484. The normalized spacial score (nSPS) is 12.7. The van der Waals surface area contributed by atoms with Gasteiger partial charge in [-0.1, -0.05) is 29.8 Å². The van der Waals surface area contributed by atoms with Crippen LogP contribution in [-0.4, -0.2) is 4.98 Å². The van der Waals surface area contributed by atoms with Gasteiger partial charge >= 0.3 is 0 Å². The molecule has 0 aliphatic heterocycles. The predicted molar refractivity (Wildman–Crippen MR) is 67.5 cm³/mol. The molecule has 0 amide bonds. The lowest BCUT2D eigenvalue weighted by Gasteiger charge is -2.15. The van der Waals surface area contributed by atoms with Crippen LogP contribution in [0.15, 0.2) is 29.6 Å². The van der Waals surface area contributed by atoms with Gasteiger partial charge in [-0.2, -0.15) is 0 Å². The summed E-state index contributed by atoms with van der Waals surface area (Å²) in [5, 5.41) is 3.70. The van der Waals surface area contributed by atoms with Gasteiger partial charge in [0, 0.05) is 10.4 Å². The number of benzene rings is 1. The Hall–Kier alpha value is -0.940. The molecule has 1 heterocycles. The van der Waals surface area contributed by atoms with Crippen LogP contribution < -0.4 is 11.3 Å². The van der Waals surface area contributed by atoms with Crippen molar-refractivity contribution in [3.63, 3.8) is 0 Å². The Morgan fingerprint density at radius 2 is 2.19 bits per heavy atom. The smallest absolute Gasteiger partial charge is 0.0904 e. The minimum Gasteiger partial charge on any atom is -0.271 e. The van der Waals surface area contributed by atoms with Crippen LogP contribution in [0.25, 0.3) is 0 Å². The average molecular weight is 254 g/mol. The molecular formula is C11H12ClN3S. The molecule has 0 aliphatic carbocycles. The highest BCUT2D eigenvalue weighted by Gasteiger charge is 2.17. The summed E-state index contributed by atoms with van der Waals surface area (Å²) in [6.07, 6.45) is 0. The molecule has 1 unspecified atom stereocenters. The first-order chi connectivity index (χ1) is 7.72. The zero-order valence-corrected chi connectivity index (χ0v) is 10.3. The van der Waals surface area contributed by atoms with Gasteiger partial charge in [0.25, 0.3) is 0 Å². The summed E-state index contributed by atoms with van der Waals surface area (Å²) < 4.78 is 0. The molecule has 0 aliphatic rings. The Labute approximate surface area is 103 Å². The minimum atomic E-state index is -0.154. The largest absolute Gasteiger partial charge is 0.271 e. The molecule has 2 aromatic rings. The fourth-order valence-corrected chi connectivity index (χ4v) is 2.44. The maximum absolute atomic E-state index is 6.13. The molecule has 0 saturated carbocycles. The van der Waals surface area contributed by atoms with Crippen LogP contribution in [0.4, 0.5) is 0 Å². The number of rotatable bonds is 3. The number of nitrogens with two attached hydrogens (primary N) is 1. The summed E-state index contributed by atoms with van der Waals surface area (Å²) in [6.45, 7) is 1.97. The van der Waals surface area contributed by atoms with Crippen LogP contribution in [0.5, 0.6) is 0 Å². The van der Waals surface area contributed by atoms with E-state index < -0.39 is 0 Å². The number of aromatic nitrogens is 1. The van der Waals surface area contributed by atoms with E-state index >= 15 is 0 Å². The van der Waals surface area contributed by atoms with Crippen LogP contribution in [0, 0.1) is 6.92 Å². The van der Waals surface area contributed by atoms with Crippen LogP contribution in [0.1, 0.15) is 22.3 Å². The number of hydrogen-bond acceptors (Lipinski definition) is 4. The van der Waals surface area contributed by atoms with Gasteiger partial charge in [-0.15, -0.1) is 11.3 Å². The maximum atomic E-state index is 6.13. The SMILES string of the molecule is Cc1nc(C(NN)c2ccccc2Cl)cs1. The minimum absolute atomic E-state index is 0.154. The second-order valence-corrected chi connectivity index (χ2v) is 4.88. The third kappa shape index (κ3) is 2.25. The quantitative estimate of drug-likeness (QED) is 0.653. The summed E-state index contributed by atoms with van der Waals surface area (Å²) in [4.78, 5) is 4.42. The summed E-state index contributed by atoms with van der Waals surface area (Å²) >= 11 is 7.73. The van der Waals surface area contributed by atoms with Crippen LogP contribution in [0.2, 0.25) is 5.02 Å². The molecule has 0 bridgehead atoms. The molecule has 1 aromatic heterocycles. The Morgan fingerprint density at radius 1 is 1.44 bits per heavy atom. The molecule has 2 rings (SSSR count). The monoisotopic (exact) mass is 253 g/mol. The number of hydrazine groups is 1. The second kappa shape index (κ2) is 4.93. The molecule has 3 nitrogen and oxygen atoms in total. The number of aryl methyl sites for hydroxylation is 1. The molecule has 1 atom stereocenters. The summed E-state index contributed by atoms with van der Waals surface area (Å²) in [5.74, 6) is 5.57. The van der Waals surface area contributed by atoms with Crippen LogP contribution in [0.3, 0.4) is 0 Å². The van der Waals surface area contributed by atoms with Crippen molar-refractivity contribution in [3.05, 3.63) is 50.9 Å². The molecular weight excluding hydrogens is 242 g/mol. The lowest BCUT2D eigenvalue weighted by Crippen LogP contribution is -2.29. The lowest BCUT2D eigenvalue weighted by molar-refractivity contribution is 0.623. The number of halogens is 1. The van der Waals surface area contributed by atoms with E-state index in [1.807, 2.05) is 36.6 Å². The van der Waals surface area contributed by atoms with Gasteiger partial charge in [-0.05, 0) is 18.6 Å². The van der Waals surface area contributed by atoms with Crippen molar-refractivity contribution < 1.29 is 0 Å². The van der Waals surface area contributed by atoms with E-state index in [0.717, 1.165) is 16.3 Å². The predicted octanol–water partition coefficient (Wildman–Crippen LogP) is 2.66. The Kier molecular flexibility index (Phi) is 3.56. The van der Waals surface area contributed by atoms with Gasteiger partial charge < -0.3 is 0 Å². The van der Waals surface area contributed by atoms with Crippen molar-refractivity contribution in [2.75, 3.05) is 0 Å². The highest BCUT2D eigenvalue weighted by Crippen LogP contribution is 2.28. The molecule has 0 radical (unpaired) electrons. The standard InChI is InChI=1S/C11H12ClN3S/c1-7-14-10(6-16-7)11(15-13)8-4-2-3-5-9(8)12/h2-6,11,15H,13H2,1H3. The van der Waals surface area contributed by atoms with Crippen molar-refractivity contribution in [2.24, 2.45) is 5.84 Å². The van der Waals surface area contributed by atoms with Crippen molar-refractivity contribution in [1.29, 1.82) is 0 Å². The summed E-state index contributed by atoms with van der Waals surface area (Å²) in [5.41, 5.74) is 4.59. The Morgan fingerprint density at radius 3 is 2.75 bits per heavy atom. The van der Waals surface area contributed by atoms with E-state index in [9.17, 15) is 0 Å². The zero-order valence-electron chi connectivity index (χ0n) is 8.77. The zero-order chi connectivity index (χ0) is 11.5. The second-order valence-electron chi connectivity index (χ2n) is 3.41. The van der Waals surface area contributed by atoms with Crippen molar-refractivity contribution >= 4 is 22.9 Å². The molecule has 1 aromatic carbocycles. The van der Waals surface area contributed by atoms with E-state index in [1.54, 1.807) is 11.3 Å². The first-order valence-corrected chi connectivity index (χ1v) is 6.10. The van der Waals surface area contributed by atoms with Gasteiger partial charge in [-0.25, -0.2) is 10.4 Å². The van der Waals surface area contributed by atoms with Gasteiger partial charge in [0.05, 0.1) is 16.7 Å². The Balaban J connectivity index is 2.40. The maximum Gasteiger partial charge on any atom is 0.0904 e. The highest BCUT2D eigenvalue weighted by molar-refractivity contribution is 7.09. The van der Waals surface area contributed by atoms with Crippen molar-refractivity contribution in [1.82, 2.24) is 10.4 Å².